The summed E-state index contributed by atoms with van der Waals surface area (Å²) < 4.78 is 5.07. The van der Waals surface area contributed by atoms with E-state index in [-0.39, 0.29) is 11.4 Å². The number of piperidine rings is 1. The molecule has 0 aromatic rings. The van der Waals surface area contributed by atoms with Crippen LogP contribution >= 0.6 is 11.8 Å². The highest BCUT2D eigenvalue weighted by atomic mass is 32.2. The third kappa shape index (κ3) is 3.41. The maximum Gasteiger partial charge on any atom is 0.312 e. The molecule has 2 rings (SSSR count). The van der Waals surface area contributed by atoms with Crippen LogP contribution < -0.4 is 5.32 Å². The first-order valence-corrected chi connectivity index (χ1v) is 8.22. The van der Waals surface area contributed by atoms with Gasteiger partial charge in [0.2, 0.25) is 0 Å². The Bertz CT molecular complexity index is 271. The van der Waals surface area contributed by atoms with Gasteiger partial charge in [-0.1, -0.05) is 19.3 Å². The molecular formula is C14H25NO2S. The van der Waals surface area contributed by atoms with Crippen molar-refractivity contribution in [2.75, 3.05) is 26.0 Å². The van der Waals surface area contributed by atoms with Gasteiger partial charge in [0.1, 0.15) is 0 Å². The largest absolute Gasteiger partial charge is 0.469 e. The van der Waals surface area contributed by atoms with E-state index in [2.05, 4.69) is 5.32 Å². The molecular weight excluding hydrogens is 246 g/mol. The molecule has 18 heavy (non-hydrogen) atoms. The lowest BCUT2D eigenvalue weighted by atomic mass is 9.75. The fourth-order valence-electron chi connectivity index (χ4n) is 3.09. The van der Waals surface area contributed by atoms with E-state index in [0.29, 0.717) is 0 Å². The van der Waals surface area contributed by atoms with Crippen LogP contribution in [-0.2, 0) is 9.53 Å². The zero-order valence-electron chi connectivity index (χ0n) is 11.4. The molecule has 0 unspecified atom stereocenters. The number of carbonyl (C=O) groups is 1. The summed E-state index contributed by atoms with van der Waals surface area (Å²) >= 11 is 2.01. The van der Waals surface area contributed by atoms with Gasteiger partial charge in [-0.25, -0.2) is 0 Å². The molecule has 4 heteroatoms. The topological polar surface area (TPSA) is 38.3 Å². The van der Waals surface area contributed by atoms with Crippen molar-refractivity contribution in [2.24, 2.45) is 5.41 Å². The zero-order chi connectivity index (χ0) is 12.8. The van der Waals surface area contributed by atoms with Crippen LogP contribution in [0.15, 0.2) is 0 Å². The van der Waals surface area contributed by atoms with E-state index in [1.165, 1.54) is 39.2 Å². The maximum atomic E-state index is 12.1. The first kappa shape index (κ1) is 14.2. The van der Waals surface area contributed by atoms with Crippen LogP contribution in [0.2, 0.25) is 0 Å². The van der Waals surface area contributed by atoms with Crippen LogP contribution in [0.1, 0.15) is 44.9 Å². The SMILES string of the molecule is COC(=O)C1(CSC2CCNCC2)CCCCC1. The molecule has 3 nitrogen and oxygen atoms in total. The minimum atomic E-state index is -0.178. The smallest absolute Gasteiger partial charge is 0.312 e. The molecule has 1 saturated heterocycles. The highest BCUT2D eigenvalue weighted by molar-refractivity contribution is 7.99. The number of hydrogen-bond acceptors (Lipinski definition) is 4. The number of carbonyl (C=O) groups excluding carboxylic acids is 1. The molecule has 0 spiro atoms. The van der Waals surface area contributed by atoms with Gasteiger partial charge in [0.15, 0.2) is 0 Å². The first-order chi connectivity index (χ1) is 8.77. The van der Waals surface area contributed by atoms with Gasteiger partial charge in [-0.2, -0.15) is 11.8 Å². The summed E-state index contributed by atoms with van der Waals surface area (Å²) in [6, 6.07) is 0. The van der Waals surface area contributed by atoms with Crippen LogP contribution in [0.25, 0.3) is 0 Å². The Morgan fingerprint density at radius 3 is 2.56 bits per heavy atom. The van der Waals surface area contributed by atoms with Gasteiger partial charge >= 0.3 is 5.97 Å². The van der Waals surface area contributed by atoms with E-state index in [1.54, 1.807) is 0 Å². The number of rotatable bonds is 4. The Hall–Kier alpha value is -0.220. The van der Waals surface area contributed by atoms with Gasteiger partial charge in [0, 0.05) is 11.0 Å². The highest BCUT2D eigenvalue weighted by Gasteiger charge is 2.41. The average Bonchev–Trinajstić information content (AvgIpc) is 2.46. The van der Waals surface area contributed by atoms with Crippen molar-refractivity contribution in [3.63, 3.8) is 0 Å². The van der Waals surface area contributed by atoms with E-state index in [1.807, 2.05) is 11.8 Å². The van der Waals surface area contributed by atoms with Crippen LogP contribution in [0.5, 0.6) is 0 Å². The summed E-state index contributed by atoms with van der Waals surface area (Å²) in [5, 5.41) is 4.12. The van der Waals surface area contributed by atoms with E-state index in [0.717, 1.165) is 36.9 Å². The molecule has 0 amide bonds. The first-order valence-electron chi connectivity index (χ1n) is 7.18. The summed E-state index contributed by atoms with van der Waals surface area (Å²) in [5.41, 5.74) is -0.178. The Morgan fingerprint density at radius 1 is 1.28 bits per heavy atom. The number of nitrogens with one attached hydrogen (secondary N) is 1. The lowest BCUT2D eigenvalue weighted by molar-refractivity contribution is -0.153. The van der Waals surface area contributed by atoms with Gasteiger partial charge in [0.05, 0.1) is 12.5 Å². The molecule has 0 aromatic carbocycles. The van der Waals surface area contributed by atoms with E-state index in [4.69, 9.17) is 4.74 Å². The molecule has 1 aliphatic heterocycles. The van der Waals surface area contributed by atoms with Crippen molar-refractivity contribution in [1.29, 1.82) is 0 Å². The van der Waals surface area contributed by atoms with Gasteiger partial charge in [-0.15, -0.1) is 0 Å². The number of methoxy groups -OCH3 is 1. The minimum absolute atomic E-state index is 0.0311. The third-order valence-electron chi connectivity index (χ3n) is 4.31. The van der Waals surface area contributed by atoms with Crippen LogP contribution in [-0.4, -0.2) is 37.2 Å². The van der Waals surface area contributed by atoms with Gasteiger partial charge in [-0.05, 0) is 38.8 Å². The second-order valence-electron chi connectivity index (χ2n) is 5.59. The molecule has 2 aliphatic rings. The predicted molar refractivity (Wildman–Crippen MR) is 75.9 cm³/mol. The highest BCUT2D eigenvalue weighted by Crippen LogP contribution is 2.41. The van der Waals surface area contributed by atoms with E-state index >= 15 is 0 Å². The van der Waals surface area contributed by atoms with Crippen molar-refractivity contribution < 1.29 is 9.53 Å². The summed E-state index contributed by atoms with van der Waals surface area (Å²) in [6.07, 6.45) is 8.17. The molecule has 2 fully saturated rings. The molecule has 1 aliphatic carbocycles. The number of ether oxygens (including phenoxy) is 1. The minimum Gasteiger partial charge on any atom is -0.469 e. The number of thioether (sulfide) groups is 1. The van der Waals surface area contributed by atoms with Gasteiger partial charge < -0.3 is 10.1 Å². The quantitative estimate of drug-likeness (QED) is 0.798. The summed E-state index contributed by atoms with van der Waals surface area (Å²) in [5.74, 6) is 0.994. The maximum absolute atomic E-state index is 12.1. The van der Waals surface area contributed by atoms with E-state index < -0.39 is 0 Å². The zero-order valence-corrected chi connectivity index (χ0v) is 12.2. The summed E-state index contributed by atoms with van der Waals surface area (Å²) in [6.45, 7) is 2.26. The summed E-state index contributed by atoms with van der Waals surface area (Å²) in [7, 11) is 1.54. The fourth-order valence-corrected chi connectivity index (χ4v) is 4.62. The van der Waals surface area contributed by atoms with Crippen LogP contribution in [0.4, 0.5) is 0 Å². The molecule has 1 saturated carbocycles. The fraction of sp³-hybridized carbons (Fsp3) is 0.929. The molecule has 0 atom stereocenters. The average molecular weight is 271 g/mol. The molecule has 0 bridgehead atoms. The van der Waals surface area contributed by atoms with Crippen molar-refractivity contribution in [1.82, 2.24) is 5.32 Å². The van der Waals surface area contributed by atoms with Gasteiger partial charge in [-0.3, -0.25) is 4.79 Å². The molecule has 0 radical (unpaired) electrons. The Labute approximate surface area is 114 Å². The number of hydrogen-bond donors (Lipinski definition) is 1. The standard InChI is InChI=1S/C14H25NO2S/c1-17-13(16)14(7-3-2-4-8-14)11-18-12-5-9-15-10-6-12/h12,15H,2-11H2,1H3. The van der Waals surface area contributed by atoms with Gasteiger partial charge in [0.25, 0.3) is 0 Å². The number of esters is 1. The lowest BCUT2D eigenvalue weighted by Gasteiger charge is -2.35. The summed E-state index contributed by atoms with van der Waals surface area (Å²) in [4.78, 5) is 12.1. The third-order valence-corrected chi connectivity index (χ3v) is 5.97. The van der Waals surface area contributed by atoms with Crippen molar-refractivity contribution in [3.8, 4) is 0 Å². The van der Waals surface area contributed by atoms with Crippen LogP contribution in [0.3, 0.4) is 0 Å². The second-order valence-corrected chi connectivity index (χ2v) is 6.88. The van der Waals surface area contributed by atoms with Crippen molar-refractivity contribution in [2.45, 2.75) is 50.2 Å². The molecule has 1 N–H and O–H groups in total. The van der Waals surface area contributed by atoms with Crippen molar-refractivity contribution >= 4 is 17.7 Å². The lowest BCUT2D eigenvalue weighted by Crippen LogP contribution is -2.38. The Kier molecular flexibility index (Phi) is 5.37. The Morgan fingerprint density at radius 2 is 1.94 bits per heavy atom. The monoisotopic (exact) mass is 271 g/mol. The van der Waals surface area contributed by atoms with Crippen molar-refractivity contribution in [3.05, 3.63) is 0 Å². The molecule has 1 heterocycles. The van der Waals surface area contributed by atoms with Crippen LogP contribution in [0, 0.1) is 5.41 Å². The Balaban J connectivity index is 1.90. The normalized spacial score (nSPS) is 24.7. The van der Waals surface area contributed by atoms with E-state index in [9.17, 15) is 4.79 Å². The second kappa shape index (κ2) is 6.80. The molecule has 104 valence electrons. The molecule has 0 aromatic heterocycles. The predicted octanol–water partition coefficient (Wildman–Crippen LogP) is 2.60.